The van der Waals surface area contributed by atoms with Crippen molar-refractivity contribution in [3.8, 4) is 11.5 Å². The summed E-state index contributed by atoms with van der Waals surface area (Å²) >= 11 is 0. The molecule has 18 heavy (non-hydrogen) atoms. The Labute approximate surface area is 106 Å². The minimum atomic E-state index is -0.340. The van der Waals surface area contributed by atoms with Crippen LogP contribution in [0, 0.1) is 0 Å². The first kappa shape index (κ1) is 12.7. The summed E-state index contributed by atoms with van der Waals surface area (Å²) < 4.78 is 10.4. The molecule has 0 saturated carbocycles. The van der Waals surface area contributed by atoms with Gasteiger partial charge in [-0.1, -0.05) is 6.07 Å². The van der Waals surface area contributed by atoms with Gasteiger partial charge in [-0.2, -0.15) is 0 Å². The molecule has 0 saturated heterocycles. The van der Waals surface area contributed by atoms with Crippen molar-refractivity contribution in [2.45, 2.75) is 19.6 Å². The monoisotopic (exact) mass is 251 g/mol. The van der Waals surface area contributed by atoms with E-state index < -0.39 is 0 Å². The van der Waals surface area contributed by atoms with Crippen molar-refractivity contribution >= 4 is 5.97 Å². The molecule has 1 atom stereocenters. The standard InChI is InChI=1S/C13H17NO4/c1-8(15)18-12-7-14(2)6-10-9(12)4-5-11(17-3)13(10)16/h4-5,12,16H,6-7H2,1-3H3. The summed E-state index contributed by atoms with van der Waals surface area (Å²) in [6.07, 6.45) is -0.340. The number of methoxy groups -OCH3 is 1. The zero-order valence-corrected chi connectivity index (χ0v) is 10.8. The zero-order valence-electron chi connectivity index (χ0n) is 10.8. The van der Waals surface area contributed by atoms with Crippen LogP contribution in [0.15, 0.2) is 12.1 Å². The molecule has 1 N–H and O–H groups in total. The molecule has 1 aliphatic rings. The summed E-state index contributed by atoms with van der Waals surface area (Å²) in [5, 5.41) is 10.1. The number of esters is 1. The van der Waals surface area contributed by atoms with E-state index >= 15 is 0 Å². The molecule has 1 aromatic carbocycles. The average molecular weight is 251 g/mol. The molecule has 2 rings (SSSR count). The van der Waals surface area contributed by atoms with Crippen LogP contribution in [0.2, 0.25) is 0 Å². The van der Waals surface area contributed by atoms with Gasteiger partial charge in [-0.25, -0.2) is 0 Å². The van der Waals surface area contributed by atoms with E-state index in [2.05, 4.69) is 0 Å². The molecule has 0 spiro atoms. The fraction of sp³-hybridized carbons (Fsp3) is 0.462. The normalized spacial score (nSPS) is 19.2. The van der Waals surface area contributed by atoms with Crippen LogP contribution in [-0.2, 0) is 16.1 Å². The minimum absolute atomic E-state index is 0.124. The van der Waals surface area contributed by atoms with Crippen molar-refractivity contribution in [1.29, 1.82) is 0 Å². The third-order valence-electron chi connectivity index (χ3n) is 3.06. The van der Waals surface area contributed by atoms with Gasteiger partial charge in [0.1, 0.15) is 6.10 Å². The summed E-state index contributed by atoms with van der Waals surface area (Å²) in [6, 6.07) is 3.53. The first-order valence-corrected chi connectivity index (χ1v) is 5.77. The zero-order chi connectivity index (χ0) is 13.3. The molecule has 0 fully saturated rings. The molecule has 1 unspecified atom stereocenters. The van der Waals surface area contributed by atoms with Crippen LogP contribution in [0.1, 0.15) is 24.2 Å². The summed E-state index contributed by atoms with van der Waals surface area (Å²) in [4.78, 5) is 13.1. The lowest BCUT2D eigenvalue weighted by molar-refractivity contribution is -0.148. The van der Waals surface area contributed by atoms with Crippen LogP contribution in [-0.4, -0.2) is 36.7 Å². The molecule has 5 heteroatoms. The number of nitrogens with zero attached hydrogens (tertiary/aromatic N) is 1. The quantitative estimate of drug-likeness (QED) is 0.806. The minimum Gasteiger partial charge on any atom is -0.504 e. The Kier molecular flexibility index (Phi) is 3.43. The maximum atomic E-state index is 11.1. The highest BCUT2D eigenvalue weighted by Crippen LogP contribution is 2.39. The predicted octanol–water partition coefficient (Wildman–Crippen LogP) is 1.45. The van der Waals surface area contributed by atoms with Crippen LogP contribution in [0.5, 0.6) is 11.5 Å². The number of aromatic hydroxyl groups is 1. The molecule has 1 aliphatic heterocycles. The number of hydrogen-bond acceptors (Lipinski definition) is 5. The molecule has 5 nitrogen and oxygen atoms in total. The van der Waals surface area contributed by atoms with E-state index in [1.165, 1.54) is 14.0 Å². The largest absolute Gasteiger partial charge is 0.504 e. The molecule has 0 aliphatic carbocycles. The molecular weight excluding hydrogens is 234 g/mol. The average Bonchev–Trinajstić information content (AvgIpc) is 2.29. The fourth-order valence-electron chi connectivity index (χ4n) is 2.28. The van der Waals surface area contributed by atoms with E-state index in [1.807, 2.05) is 18.0 Å². The van der Waals surface area contributed by atoms with Gasteiger partial charge in [0.25, 0.3) is 0 Å². The third kappa shape index (κ3) is 2.26. The number of phenolic OH excluding ortho intramolecular Hbond substituents is 1. The number of rotatable bonds is 2. The van der Waals surface area contributed by atoms with Gasteiger partial charge in [0.15, 0.2) is 11.5 Å². The van der Waals surface area contributed by atoms with Crippen LogP contribution >= 0.6 is 0 Å². The Hall–Kier alpha value is -1.75. The van der Waals surface area contributed by atoms with Crippen LogP contribution in [0.3, 0.4) is 0 Å². The number of phenols is 1. The van der Waals surface area contributed by atoms with Crippen LogP contribution in [0.4, 0.5) is 0 Å². The Morgan fingerprint density at radius 2 is 2.22 bits per heavy atom. The number of likely N-dealkylation sites (N-methyl/N-ethyl adjacent to an activating group) is 1. The predicted molar refractivity (Wildman–Crippen MR) is 65.5 cm³/mol. The molecule has 98 valence electrons. The number of fused-ring (bicyclic) bond motifs is 1. The van der Waals surface area contributed by atoms with Crippen LogP contribution < -0.4 is 4.74 Å². The van der Waals surface area contributed by atoms with Crippen molar-refractivity contribution in [3.63, 3.8) is 0 Å². The number of carbonyl (C=O) groups excluding carboxylic acids is 1. The Morgan fingerprint density at radius 3 is 2.83 bits per heavy atom. The molecule has 1 heterocycles. The lowest BCUT2D eigenvalue weighted by Crippen LogP contribution is -2.32. The van der Waals surface area contributed by atoms with E-state index in [0.717, 1.165) is 11.1 Å². The molecule has 1 aromatic rings. The van der Waals surface area contributed by atoms with Gasteiger partial charge < -0.3 is 14.6 Å². The number of carbonyl (C=O) groups is 1. The number of hydrogen-bond donors (Lipinski definition) is 1. The van der Waals surface area contributed by atoms with Gasteiger partial charge in [-0.05, 0) is 13.1 Å². The summed E-state index contributed by atoms with van der Waals surface area (Å²) in [5.74, 6) is 0.237. The van der Waals surface area contributed by atoms with E-state index in [9.17, 15) is 9.90 Å². The highest BCUT2D eigenvalue weighted by atomic mass is 16.5. The van der Waals surface area contributed by atoms with Crippen molar-refractivity contribution in [1.82, 2.24) is 4.90 Å². The summed E-state index contributed by atoms with van der Waals surface area (Å²) in [6.45, 7) is 2.62. The highest BCUT2D eigenvalue weighted by molar-refractivity contribution is 5.66. The van der Waals surface area contributed by atoms with Gasteiger partial charge in [0.2, 0.25) is 0 Å². The summed E-state index contributed by atoms with van der Waals surface area (Å²) in [7, 11) is 3.43. The van der Waals surface area contributed by atoms with Gasteiger partial charge in [0.05, 0.1) is 7.11 Å². The molecule has 0 radical (unpaired) electrons. The second kappa shape index (κ2) is 4.86. The van der Waals surface area contributed by atoms with Gasteiger partial charge in [-0.15, -0.1) is 0 Å². The van der Waals surface area contributed by atoms with Gasteiger partial charge >= 0.3 is 5.97 Å². The van der Waals surface area contributed by atoms with Gasteiger partial charge in [0, 0.05) is 31.1 Å². The number of benzene rings is 1. The lowest BCUT2D eigenvalue weighted by Gasteiger charge is -2.32. The van der Waals surface area contributed by atoms with E-state index in [0.29, 0.717) is 18.8 Å². The second-order valence-corrected chi connectivity index (χ2v) is 4.48. The Balaban J connectivity index is 2.43. The molecule has 0 bridgehead atoms. The van der Waals surface area contributed by atoms with Gasteiger partial charge in [-0.3, -0.25) is 9.69 Å². The second-order valence-electron chi connectivity index (χ2n) is 4.48. The van der Waals surface area contributed by atoms with E-state index in [1.54, 1.807) is 6.07 Å². The maximum absolute atomic E-state index is 11.1. The SMILES string of the molecule is COc1ccc2c(c1O)CN(C)CC2OC(C)=O. The van der Waals surface area contributed by atoms with Crippen molar-refractivity contribution in [2.24, 2.45) is 0 Å². The van der Waals surface area contributed by atoms with Crippen LogP contribution in [0.25, 0.3) is 0 Å². The molecule has 0 amide bonds. The van der Waals surface area contributed by atoms with Crippen molar-refractivity contribution in [2.75, 3.05) is 20.7 Å². The fourth-order valence-corrected chi connectivity index (χ4v) is 2.28. The topological polar surface area (TPSA) is 59.0 Å². The molecular formula is C13H17NO4. The summed E-state index contributed by atoms with van der Waals surface area (Å²) in [5.41, 5.74) is 1.61. The van der Waals surface area contributed by atoms with E-state index in [4.69, 9.17) is 9.47 Å². The third-order valence-corrected chi connectivity index (χ3v) is 3.06. The Bertz CT molecular complexity index is 472. The Morgan fingerprint density at radius 1 is 1.50 bits per heavy atom. The van der Waals surface area contributed by atoms with Crippen molar-refractivity contribution in [3.05, 3.63) is 23.3 Å². The maximum Gasteiger partial charge on any atom is 0.303 e. The highest BCUT2D eigenvalue weighted by Gasteiger charge is 2.28. The van der Waals surface area contributed by atoms with Crippen molar-refractivity contribution < 1.29 is 19.4 Å². The lowest BCUT2D eigenvalue weighted by atomic mass is 9.96. The smallest absolute Gasteiger partial charge is 0.303 e. The molecule has 0 aromatic heterocycles. The first-order chi connectivity index (χ1) is 8.52. The van der Waals surface area contributed by atoms with E-state index in [-0.39, 0.29) is 17.8 Å². The number of ether oxygens (including phenoxy) is 2. The first-order valence-electron chi connectivity index (χ1n) is 5.77.